The van der Waals surface area contributed by atoms with E-state index in [9.17, 15) is 14.7 Å². The fourth-order valence-corrected chi connectivity index (χ4v) is 5.96. The number of phenols is 1. The molecule has 1 amide bonds. The summed E-state index contributed by atoms with van der Waals surface area (Å²) in [7, 11) is 0. The summed E-state index contributed by atoms with van der Waals surface area (Å²) in [4.78, 5) is 27.5. The number of carbonyl (C=O) groups excluding carboxylic acids is 1. The number of anilines is 1. The number of tetrazole rings is 1. The number of phenolic OH excluding ortho intramolecular Hbond substituents is 1. The van der Waals surface area contributed by atoms with E-state index in [1.807, 2.05) is 13.0 Å². The van der Waals surface area contributed by atoms with Crippen molar-refractivity contribution in [3.8, 4) is 28.8 Å². The van der Waals surface area contributed by atoms with Crippen LogP contribution in [0.5, 0.6) is 17.4 Å². The smallest absolute Gasteiger partial charge is 0.289 e. The highest BCUT2D eigenvalue weighted by molar-refractivity contribution is 7.99. The highest BCUT2D eigenvalue weighted by Crippen LogP contribution is 2.39. The Morgan fingerprint density at radius 2 is 1.67 bits per heavy atom. The number of aromatic nitrogens is 6. The number of amides is 1. The van der Waals surface area contributed by atoms with E-state index in [1.165, 1.54) is 27.1 Å². The van der Waals surface area contributed by atoms with Crippen LogP contribution in [0, 0.1) is 0 Å². The summed E-state index contributed by atoms with van der Waals surface area (Å²) in [5.74, 6) is 0.621. The lowest BCUT2D eigenvalue weighted by Crippen LogP contribution is -2.25. The monoisotopic (exact) mass is 685 g/mol. The number of nitrogens with one attached hydrogen (secondary N) is 2. The van der Waals surface area contributed by atoms with Gasteiger partial charge in [-0.25, -0.2) is 4.68 Å². The number of hydrogen-bond acceptors (Lipinski definition) is 9. The van der Waals surface area contributed by atoms with Crippen molar-refractivity contribution in [3.63, 3.8) is 0 Å². The highest BCUT2D eigenvalue weighted by atomic mass is 32.2. The molecule has 0 radical (unpaired) electrons. The van der Waals surface area contributed by atoms with Crippen molar-refractivity contribution < 1.29 is 19.4 Å². The number of para-hydroxylation sites is 2. The van der Waals surface area contributed by atoms with Gasteiger partial charge in [0.2, 0.25) is 11.0 Å². The van der Waals surface area contributed by atoms with E-state index in [0.29, 0.717) is 34.6 Å². The number of benzene rings is 3. The van der Waals surface area contributed by atoms with E-state index in [1.54, 1.807) is 36.4 Å². The number of hydrogen-bond donors (Lipinski definition) is 3. The summed E-state index contributed by atoms with van der Waals surface area (Å²) >= 11 is 1.03. The van der Waals surface area contributed by atoms with Crippen LogP contribution in [-0.2, 0) is 15.6 Å². The van der Waals surface area contributed by atoms with Crippen LogP contribution in [0.1, 0.15) is 72.4 Å². The third kappa shape index (κ3) is 7.67. The molecule has 5 aromatic rings. The normalized spacial score (nSPS) is 11.8. The summed E-state index contributed by atoms with van der Waals surface area (Å²) in [5, 5.41) is 27.9. The van der Waals surface area contributed by atoms with E-state index in [4.69, 9.17) is 9.47 Å². The van der Waals surface area contributed by atoms with Gasteiger partial charge in [-0.15, -0.1) is 5.10 Å². The predicted octanol–water partition coefficient (Wildman–Crippen LogP) is 6.79. The molecule has 0 saturated heterocycles. The fourth-order valence-electron chi connectivity index (χ4n) is 5.10. The first kappa shape index (κ1) is 35.3. The van der Waals surface area contributed by atoms with Crippen LogP contribution < -0.4 is 20.3 Å². The molecule has 0 aliphatic heterocycles. The minimum absolute atomic E-state index is 0.00978. The van der Waals surface area contributed by atoms with Crippen molar-refractivity contribution >= 4 is 23.4 Å². The molecule has 0 bridgehead atoms. The molecule has 49 heavy (non-hydrogen) atoms. The van der Waals surface area contributed by atoms with Gasteiger partial charge in [0.15, 0.2) is 6.61 Å². The minimum Gasteiger partial charge on any atom is -0.508 e. The van der Waals surface area contributed by atoms with Crippen LogP contribution >= 0.6 is 11.8 Å². The Balaban J connectivity index is 1.40. The zero-order valence-corrected chi connectivity index (χ0v) is 29.7. The third-order valence-corrected chi connectivity index (χ3v) is 9.87. The van der Waals surface area contributed by atoms with Gasteiger partial charge in [0.1, 0.15) is 16.4 Å². The van der Waals surface area contributed by atoms with E-state index >= 15 is 0 Å². The molecule has 12 nitrogen and oxygen atoms in total. The molecule has 13 heteroatoms. The summed E-state index contributed by atoms with van der Waals surface area (Å²) in [6.45, 7) is 15.0. The van der Waals surface area contributed by atoms with E-state index in [0.717, 1.165) is 30.2 Å². The quantitative estimate of drug-likeness (QED) is 0.115. The first-order chi connectivity index (χ1) is 23.4. The average molecular weight is 686 g/mol. The number of ether oxygens (including phenoxy) is 2. The van der Waals surface area contributed by atoms with Crippen molar-refractivity contribution in [1.82, 2.24) is 30.0 Å². The van der Waals surface area contributed by atoms with Gasteiger partial charge in [0, 0.05) is 5.56 Å². The number of aromatic hydroxyl groups is 1. The molecule has 0 spiro atoms. The van der Waals surface area contributed by atoms with Crippen LogP contribution in [0.4, 0.5) is 5.69 Å². The highest BCUT2D eigenvalue weighted by Gasteiger charge is 2.27. The van der Waals surface area contributed by atoms with Gasteiger partial charge >= 0.3 is 0 Å². The van der Waals surface area contributed by atoms with E-state index in [-0.39, 0.29) is 39.9 Å². The van der Waals surface area contributed by atoms with Gasteiger partial charge in [0.25, 0.3) is 11.5 Å². The standard InChI is InChI=1S/C36H43N7O5S/c1-8-35(4,5)23-15-20-29(26(21-23)36(6,7)9-2)48-22-30(45)37-27-13-11-12-14-28(27)43-33(46)31(32(39-43)47-10-3)49-34-38-40-41-42(34)24-16-18-25(44)19-17-24/h11-21,39,44H,8-10,22H2,1-7H3,(H,37,45). The number of H-pyrrole nitrogens is 1. The summed E-state index contributed by atoms with van der Waals surface area (Å²) in [6.07, 6.45) is 1.90. The Kier molecular flexibility index (Phi) is 10.5. The molecule has 2 aromatic heterocycles. The van der Waals surface area contributed by atoms with Gasteiger partial charge in [-0.3, -0.25) is 14.7 Å². The lowest BCUT2D eigenvalue weighted by molar-refractivity contribution is -0.118. The van der Waals surface area contributed by atoms with Gasteiger partial charge < -0.3 is 19.9 Å². The number of aromatic amines is 1. The molecule has 0 atom stereocenters. The summed E-state index contributed by atoms with van der Waals surface area (Å²) in [5.41, 5.74) is 3.13. The second-order valence-electron chi connectivity index (χ2n) is 12.9. The molecule has 2 heterocycles. The lowest BCUT2D eigenvalue weighted by Gasteiger charge is -2.30. The topological polar surface area (TPSA) is 149 Å². The second kappa shape index (κ2) is 14.6. The lowest BCUT2D eigenvalue weighted by atomic mass is 9.76. The maximum absolute atomic E-state index is 13.9. The molecule has 0 fully saturated rings. The molecule has 0 saturated carbocycles. The van der Waals surface area contributed by atoms with Crippen LogP contribution in [-0.4, -0.2) is 54.2 Å². The van der Waals surface area contributed by atoms with Crippen molar-refractivity contribution in [2.24, 2.45) is 0 Å². The van der Waals surface area contributed by atoms with Crippen molar-refractivity contribution in [2.75, 3.05) is 18.5 Å². The molecule has 0 aliphatic rings. The number of nitrogens with zero attached hydrogens (tertiary/aromatic N) is 5. The average Bonchev–Trinajstić information content (AvgIpc) is 3.68. The summed E-state index contributed by atoms with van der Waals surface area (Å²) < 4.78 is 14.7. The Labute approximate surface area is 289 Å². The molecule has 3 N–H and O–H groups in total. The zero-order chi connectivity index (χ0) is 35.3. The molecular formula is C36H43N7O5S. The Morgan fingerprint density at radius 3 is 2.37 bits per heavy atom. The van der Waals surface area contributed by atoms with Gasteiger partial charge in [0.05, 0.1) is 23.7 Å². The molecule has 5 rings (SSSR count). The molecule has 258 valence electrons. The molecule has 0 unspecified atom stereocenters. The van der Waals surface area contributed by atoms with Crippen LogP contribution in [0.3, 0.4) is 0 Å². The summed E-state index contributed by atoms with van der Waals surface area (Å²) in [6, 6.07) is 19.6. The SMILES string of the molecule is CCOc1[nH]n(-c2ccccc2NC(=O)COc2ccc(C(C)(C)CC)cc2C(C)(C)CC)c(=O)c1Sc1nnnn1-c1ccc(O)cc1. The number of rotatable bonds is 14. The van der Waals surface area contributed by atoms with E-state index < -0.39 is 5.56 Å². The molecule has 0 aliphatic carbocycles. The van der Waals surface area contributed by atoms with Gasteiger partial charge in [-0.05, 0) is 101 Å². The van der Waals surface area contributed by atoms with Crippen molar-refractivity contribution in [1.29, 1.82) is 0 Å². The largest absolute Gasteiger partial charge is 0.508 e. The van der Waals surface area contributed by atoms with Crippen LogP contribution in [0.2, 0.25) is 0 Å². The maximum atomic E-state index is 13.9. The number of carbonyl (C=O) groups is 1. The zero-order valence-electron chi connectivity index (χ0n) is 28.9. The van der Waals surface area contributed by atoms with Crippen molar-refractivity contribution in [3.05, 3.63) is 88.2 Å². The van der Waals surface area contributed by atoms with Crippen molar-refractivity contribution in [2.45, 2.75) is 82.2 Å². The first-order valence-electron chi connectivity index (χ1n) is 16.3. The van der Waals surface area contributed by atoms with Crippen LogP contribution in [0.15, 0.2) is 81.6 Å². The Morgan fingerprint density at radius 1 is 0.959 bits per heavy atom. The van der Waals surface area contributed by atoms with Crippen LogP contribution in [0.25, 0.3) is 11.4 Å². The third-order valence-electron chi connectivity index (χ3n) is 8.87. The predicted molar refractivity (Wildman–Crippen MR) is 190 cm³/mol. The fraction of sp³-hybridized carbons (Fsp3) is 0.361. The van der Waals surface area contributed by atoms with Gasteiger partial charge in [-0.1, -0.05) is 65.8 Å². The van der Waals surface area contributed by atoms with E-state index in [2.05, 4.69) is 79.6 Å². The minimum atomic E-state index is -0.423. The Hall–Kier alpha value is -5.04. The Bertz CT molecular complexity index is 1980. The molecule has 3 aromatic carbocycles. The second-order valence-corrected chi connectivity index (χ2v) is 13.9. The molecular weight excluding hydrogens is 643 g/mol. The first-order valence-corrected chi connectivity index (χ1v) is 17.1. The van der Waals surface area contributed by atoms with Gasteiger partial charge in [-0.2, -0.15) is 4.68 Å². The maximum Gasteiger partial charge on any atom is 0.289 e.